The molecule has 0 saturated heterocycles. The highest BCUT2D eigenvalue weighted by Crippen LogP contribution is 2.37. The van der Waals surface area contributed by atoms with E-state index in [0.29, 0.717) is 0 Å². The van der Waals surface area contributed by atoms with E-state index in [1.807, 2.05) is 48.5 Å². The molecule has 3 aromatic heterocycles. The highest BCUT2D eigenvalue weighted by molar-refractivity contribution is 6.22. The van der Waals surface area contributed by atoms with Crippen LogP contribution in [0.15, 0.2) is 95.8 Å². The van der Waals surface area contributed by atoms with Gasteiger partial charge >= 0.3 is 0 Å². The summed E-state index contributed by atoms with van der Waals surface area (Å²) in [7, 11) is 0. The Morgan fingerprint density at radius 1 is 0.581 bits per heavy atom. The van der Waals surface area contributed by atoms with Gasteiger partial charge in [-0.15, -0.1) is 0 Å². The molecule has 0 spiro atoms. The van der Waals surface area contributed by atoms with E-state index in [2.05, 4.69) is 57.0 Å². The third kappa shape index (κ3) is 2.16. The number of pyridine rings is 1. The van der Waals surface area contributed by atoms with Crippen LogP contribution in [0.5, 0.6) is 0 Å². The minimum atomic E-state index is -0.0624. The number of para-hydroxylation sites is 3. The number of fused-ring (bicyclic) bond motifs is 8. The van der Waals surface area contributed by atoms with E-state index < -0.39 is 0 Å². The molecule has 0 aliphatic carbocycles. The van der Waals surface area contributed by atoms with Crippen LogP contribution in [0.4, 0.5) is 0 Å². The highest BCUT2D eigenvalue weighted by Gasteiger charge is 2.19. The lowest BCUT2D eigenvalue weighted by atomic mass is 10.1. The Morgan fingerprint density at radius 3 is 2.06 bits per heavy atom. The Labute approximate surface area is 176 Å². The predicted molar refractivity (Wildman–Crippen MR) is 128 cm³/mol. The summed E-state index contributed by atoms with van der Waals surface area (Å²) >= 11 is 0. The summed E-state index contributed by atoms with van der Waals surface area (Å²) in [5.41, 5.74) is 5.94. The molecule has 2 N–H and O–H groups in total. The standard InChI is InChI=1S/C27H17N3O/c31-27-25-20-14-19-17-10-4-6-12-21(17)28-23(19)15-24(20)30(16-8-2-1-3-9-16)26(25)18-11-5-7-13-22(18)29-27/h1-15,28H,(H,29,31). The van der Waals surface area contributed by atoms with Crippen molar-refractivity contribution in [2.45, 2.75) is 0 Å². The van der Waals surface area contributed by atoms with Crippen molar-refractivity contribution in [1.82, 2.24) is 14.5 Å². The van der Waals surface area contributed by atoms with Crippen LogP contribution in [0.2, 0.25) is 0 Å². The van der Waals surface area contributed by atoms with E-state index >= 15 is 0 Å². The first-order chi connectivity index (χ1) is 15.3. The first-order valence-corrected chi connectivity index (χ1v) is 10.3. The fourth-order valence-corrected chi connectivity index (χ4v) is 4.95. The van der Waals surface area contributed by atoms with Crippen molar-refractivity contribution in [1.29, 1.82) is 0 Å². The van der Waals surface area contributed by atoms with Crippen LogP contribution in [0.1, 0.15) is 0 Å². The van der Waals surface area contributed by atoms with E-state index in [9.17, 15) is 4.79 Å². The largest absolute Gasteiger partial charge is 0.354 e. The molecule has 0 saturated carbocycles. The number of benzene rings is 4. The van der Waals surface area contributed by atoms with Crippen molar-refractivity contribution in [3.8, 4) is 5.69 Å². The Hall–Kier alpha value is -4.31. The van der Waals surface area contributed by atoms with Gasteiger partial charge in [0.15, 0.2) is 0 Å². The van der Waals surface area contributed by atoms with Gasteiger partial charge in [0.1, 0.15) is 0 Å². The molecule has 0 unspecified atom stereocenters. The van der Waals surface area contributed by atoms with Crippen LogP contribution < -0.4 is 5.56 Å². The Balaban J connectivity index is 1.80. The summed E-state index contributed by atoms with van der Waals surface area (Å²) in [6.45, 7) is 0. The maximum absolute atomic E-state index is 13.3. The van der Waals surface area contributed by atoms with Crippen molar-refractivity contribution >= 4 is 54.5 Å². The molecule has 3 heterocycles. The molecule has 0 aliphatic rings. The molecule has 0 aliphatic heterocycles. The van der Waals surface area contributed by atoms with E-state index in [4.69, 9.17) is 0 Å². The second-order valence-corrected chi connectivity index (χ2v) is 7.98. The van der Waals surface area contributed by atoms with Gasteiger partial charge in [0, 0.05) is 38.3 Å². The summed E-state index contributed by atoms with van der Waals surface area (Å²) in [6, 6.07) is 30.9. The fourth-order valence-electron chi connectivity index (χ4n) is 4.95. The van der Waals surface area contributed by atoms with Crippen LogP contribution in [0.3, 0.4) is 0 Å². The predicted octanol–water partition coefficient (Wildman–Crippen LogP) is 6.26. The Bertz CT molecular complexity index is 1850. The quantitative estimate of drug-likeness (QED) is 0.336. The van der Waals surface area contributed by atoms with Crippen LogP contribution in [0, 0.1) is 0 Å². The molecule has 0 amide bonds. The number of aromatic nitrogens is 3. The Morgan fingerprint density at radius 2 is 1.26 bits per heavy atom. The number of nitrogens with zero attached hydrogens (tertiary/aromatic N) is 1. The minimum Gasteiger partial charge on any atom is -0.354 e. The molecule has 7 rings (SSSR count). The molecule has 0 radical (unpaired) electrons. The second kappa shape index (κ2) is 5.86. The summed E-state index contributed by atoms with van der Waals surface area (Å²) in [4.78, 5) is 20.0. The molecule has 146 valence electrons. The van der Waals surface area contributed by atoms with Crippen molar-refractivity contribution in [3.63, 3.8) is 0 Å². The topological polar surface area (TPSA) is 53.6 Å². The van der Waals surface area contributed by atoms with Gasteiger partial charge in [-0.05, 0) is 36.4 Å². The van der Waals surface area contributed by atoms with E-state index in [0.717, 1.165) is 60.2 Å². The summed E-state index contributed by atoms with van der Waals surface area (Å²) in [5, 5.41) is 5.01. The zero-order valence-electron chi connectivity index (χ0n) is 16.5. The summed E-state index contributed by atoms with van der Waals surface area (Å²) in [5.74, 6) is 0. The average molecular weight is 399 g/mol. The molecule has 4 nitrogen and oxygen atoms in total. The fraction of sp³-hybridized carbons (Fsp3) is 0. The van der Waals surface area contributed by atoms with Gasteiger partial charge in [0.2, 0.25) is 0 Å². The number of rotatable bonds is 1. The molecular formula is C27H17N3O. The molecular weight excluding hydrogens is 382 g/mol. The zero-order chi connectivity index (χ0) is 20.5. The number of H-pyrrole nitrogens is 2. The maximum Gasteiger partial charge on any atom is 0.258 e. The summed E-state index contributed by atoms with van der Waals surface area (Å²) in [6.07, 6.45) is 0. The SMILES string of the molecule is O=c1[nH]c2ccccc2c2c1c1cc3c(cc1n2-c1ccccc1)[nH]c1ccccc13. The third-order valence-electron chi connectivity index (χ3n) is 6.26. The molecule has 31 heavy (non-hydrogen) atoms. The second-order valence-electron chi connectivity index (χ2n) is 7.98. The molecule has 0 fully saturated rings. The third-order valence-corrected chi connectivity index (χ3v) is 6.26. The van der Waals surface area contributed by atoms with Crippen molar-refractivity contribution in [3.05, 3.63) is 101 Å². The van der Waals surface area contributed by atoms with Crippen LogP contribution in [0.25, 0.3) is 60.2 Å². The number of hydrogen-bond donors (Lipinski definition) is 2. The van der Waals surface area contributed by atoms with Gasteiger partial charge in [-0.2, -0.15) is 0 Å². The van der Waals surface area contributed by atoms with Gasteiger partial charge in [-0.3, -0.25) is 4.79 Å². The molecule has 4 aromatic carbocycles. The zero-order valence-corrected chi connectivity index (χ0v) is 16.5. The van der Waals surface area contributed by atoms with Crippen LogP contribution in [-0.4, -0.2) is 14.5 Å². The minimum absolute atomic E-state index is 0.0624. The number of aromatic amines is 2. The van der Waals surface area contributed by atoms with Crippen LogP contribution in [-0.2, 0) is 0 Å². The van der Waals surface area contributed by atoms with Crippen molar-refractivity contribution in [2.24, 2.45) is 0 Å². The van der Waals surface area contributed by atoms with E-state index in [-0.39, 0.29) is 5.56 Å². The average Bonchev–Trinajstić information content (AvgIpc) is 3.34. The van der Waals surface area contributed by atoms with Gasteiger partial charge < -0.3 is 14.5 Å². The first kappa shape index (κ1) is 16.5. The number of hydrogen-bond acceptors (Lipinski definition) is 1. The van der Waals surface area contributed by atoms with Crippen molar-refractivity contribution in [2.75, 3.05) is 0 Å². The van der Waals surface area contributed by atoms with Crippen molar-refractivity contribution < 1.29 is 0 Å². The molecule has 0 bridgehead atoms. The molecule has 0 atom stereocenters. The van der Waals surface area contributed by atoms with E-state index in [1.54, 1.807) is 0 Å². The van der Waals surface area contributed by atoms with E-state index in [1.165, 1.54) is 0 Å². The first-order valence-electron chi connectivity index (χ1n) is 10.3. The summed E-state index contributed by atoms with van der Waals surface area (Å²) < 4.78 is 2.22. The smallest absolute Gasteiger partial charge is 0.258 e. The van der Waals surface area contributed by atoms with Gasteiger partial charge in [-0.1, -0.05) is 54.6 Å². The lowest BCUT2D eigenvalue weighted by molar-refractivity contribution is 1.18. The lowest BCUT2D eigenvalue weighted by Crippen LogP contribution is -2.06. The van der Waals surface area contributed by atoms with Crippen LogP contribution >= 0.6 is 0 Å². The molecule has 7 aromatic rings. The normalized spacial score (nSPS) is 12.0. The molecule has 4 heteroatoms. The van der Waals surface area contributed by atoms with Gasteiger partial charge in [0.05, 0.1) is 21.9 Å². The van der Waals surface area contributed by atoms with Gasteiger partial charge in [0.25, 0.3) is 5.56 Å². The maximum atomic E-state index is 13.3. The monoisotopic (exact) mass is 399 g/mol. The number of nitrogens with one attached hydrogen (secondary N) is 2. The highest BCUT2D eigenvalue weighted by atomic mass is 16.1. The Kier molecular flexibility index (Phi) is 3.12. The lowest BCUT2D eigenvalue weighted by Gasteiger charge is -2.09. The van der Waals surface area contributed by atoms with Gasteiger partial charge in [-0.25, -0.2) is 0 Å².